The highest BCUT2D eigenvalue weighted by atomic mass is 16.1. The molecule has 0 saturated heterocycles. The Kier molecular flexibility index (Phi) is 2.38. The van der Waals surface area contributed by atoms with E-state index in [0.29, 0.717) is 22.3 Å². The summed E-state index contributed by atoms with van der Waals surface area (Å²) >= 11 is 0. The van der Waals surface area contributed by atoms with Gasteiger partial charge in [0.05, 0.1) is 6.20 Å². The SMILES string of the molecule is O=C1c2ccccc2C(=O)c2c1cccc2-c1cn[nH]c1. The zero-order valence-electron chi connectivity index (χ0n) is 11.0. The molecular formula is C17H10N2O2. The maximum atomic E-state index is 12.8. The molecule has 3 aromatic rings. The van der Waals surface area contributed by atoms with Crippen molar-refractivity contribution in [2.75, 3.05) is 0 Å². The number of hydrogen-bond acceptors (Lipinski definition) is 3. The van der Waals surface area contributed by atoms with Crippen molar-refractivity contribution in [3.63, 3.8) is 0 Å². The first-order chi connectivity index (χ1) is 10.3. The number of hydrogen-bond donors (Lipinski definition) is 1. The number of benzene rings is 2. The minimum atomic E-state index is -0.114. The lowest BCUT2D eigenvalue weighted by Gasteiger charge is -2.19. The standard InChI is InChI=1S/C17H10N2O2/c20-16-12-4-1-2-5-13(12)17(21)15-11(6-3-7-14(15)16)10-8-18-19-9-10/h1-9H,(H,18,19). The molecule has 0 radical (unpaired) electrons. The maximum absolute atomic E-state index is 12.8. The number of fused-ring (bicyclic) bond motifs is 2. The fraction of sp³-hybridized carbons (Fsp3) is 0. The Morgan fingerprint density at radius 1 is 0.762 bits per heavy atom. The van der Waals surface area contributed by atoms with Gasteiger partial charge in [0.25, 0.3) is 0 Å². The van der Waals surface area contributed by atoms with Crippen molar-refractivity contribution in [2.45, 2.75) is 0 Å². The number of nitrogens with zero attached hydrogens (tertiary/aromatic N) is 1. The maximum Gasteiger partial charge on any atom is 0.195 e. The highest BCUT2D eigenvalue weighted by Crippen LogP contribution is 2.33. The molecule has 1 heterocycles. The largest absolute Gasteiger partial charge is 0.289 e. The predicted octanol–water partition coefficient (Wildman–Crippen LogP) is 2.85. The van der Waals surface area contributed by atoms with Crippen LogP contribution in [0.25, 0.3) is 11.1 Å². The summed E-state index contributed by atoms with van der Waals surface area (Å²) in [6.07, 6.45) is 3.36. The normalized spacial score (nSPS) is 13.0. The van der Waals surface area contributed by atoms with Gasteiger partial charge in [0.2, 0.25) is 0 Å². The second-order valence-corrected chi connectivity index (χ2v) is 4.92. The van der Waals surface area contributed by atoms with E-state index in [1.807, 2.05) is 6.07 Å². The first-order valence-corrected chi connectivity index (χ1v) is 6.58. The van der Waals surface area contributed by atoms with Crippen LogP contribution in [0.3, 0.4) is 0 Å². The van der Waals surface area contributed by atoms with E-state index in [9.17, 15) is 9.59 Å². The number of nitrogens with one attached hydrogen (secondary N) is 1. The van der Waals surface area contributed by atoms with Crippen molar-refractivity contribution in [3.05, 3.63) is 77.1 Å². The van der Waals surface area contributed by atoms with E-state index < -0.39 is 0 Å². The Morgan fingerprint density at radius 3 is 2.14 bits per heavy atom. The summed E-state index contributed by atoms with van der Waals surface area (Å²) in [5, 5.41) is 6.65. The summed E-state index contributed by atoms with van der Waals surface area (Å²) in [7, 11) is 0. The Labute approximate surface area is 120 Å². The summed E-state index contributed by atoms with van der Waals surface area (Å²) in [5.74, 6) is -0.220. The van der Waals surface area contributed by atoms with Gasteiger partial charge in [0.15, 0.2) is 11.6 Å². The van der Waals surface area contributed by atoms with E-state index >= 15 is 0 Å². The van der Waals surface area contributed by atoms with Gasteiger partial charge >= 0.3 is 0 Å². The number of H-pyrrole nitrogens is 1. The molecule has 0 amide bonds. The molecule has 1 aromatic heterocycles. The van der Waals surface area contributed by atoms with Crippen molar-refractivity contribution in [3.8, 4) is 11.1 Å². The van der Waals surface area contributed by atoms with Crippen LogP contribution in [0, 0.1) is 0 Å². The van der Waals surface area contributed by atoms with Crippen LogP contribution in [0.15, 0.2) is 54.9 Å². The number of aromatic amines is 1. The second-order valence-electron chi connectivity index (χ2n) is 4.92. The zero-order chi connectivity index (χ0) is 14.4. The van der Waals surface area contributed by atoms with E-state index in [-0.39, 0.29) is 11.6 Å². The molecular weight excluding hydrogens is 264 g/mol. The monoisotopic (exact) mass is 274 g/mol. The van der Waals surface area contributed by atoms with Crippen LogP contribution < -0.4 is 0 Å². The van der Waals surface area contributed by atoms with Gasteiger partial charge in [-0.25, -0.2) is 0 Å². The van der Waals surface area contributed by atoms with Gasteiger partial charge in [-0.15, -0.1) is 0 Å². The van der Waals surface area contributed by atoms with Crippen LogP contribution in [-0.2, 0) is 0 Å². The average Bonchev–Trinajstić information content (AvgIpc) is 3.06. The Balaban J connectivity index is 2.04. The van der Waals surface area contributed by atoms with E-state index in [4.69, 9.17) is 0 Å². The molecule has 0 fully saturated rings. The fourth-order valence-electron chi connectivity index (χ4n) is 2.78. The number of carbonyl (C=O) groups is 2. The Hall–Kier alpha value is -3.01. The molecule has 21 heavy (non-hydrogen) atoms. The summed E-state index contributed by atoms with van der Waals surface area (Å²) in [6, 6.07) is 12.3. The van der Waals surface area contributed by atoms with Gasteiger partial charge in [0, 0.05) is 34.0 Å². The molecule has 0 bridgehead atoms. The number of aromatic nitrogens is 2. The third kappa shape index (κ3) is 1.59. The lowest BCUT2D eigenvalue weighted by atomic mass is 9.81. The fourth-order valence-corrected chi connectivity index (χ4v) is 2.78. The lowest BCUT2D eigenvalue weighted by molar-refractivity contribution is 0.0979. The van der Waals surface area contributed by atoms with Gasteiger partial charge in [-0.05, 0) is 5.56 Å². The van der Waals surface area contributed by atoms with E-state index in [1.165, 1.54) is 0 Å². The highest BCUT2D eigenvalue weighted by Gasteiger charge is 2.31. The molecule has 4 heteroatoms. The number of rotatable bonds is 1. The van der Waals surface area contributed by atoms with E-state index in [0.717, 1.165) is 11.1 Å². The summed E-state index contributed by atoms with van der Waals surface area (Å²) in [6.45, 7) is 0. The molecule has 2 aromatic carbocycles. The van der Waals surface area contributed by atoms with E-state index in [2.05, 4.69) is 10.2 Å². The molecule has 100 valence electrons. The molecule has 0 saturated carbocycles. The smallest absolute Gasteiger partial charge is 0.195 e. The van der Waals surface area contributed by atoms with Crippen molar-refractivity contribution >= 4 is 11.6 Å². The van der Waals surface area contributed by atoms with Crippen LogP contribution in [0.5, 0.6) is 0 Å². The van der Waals surface area contributed by atoms with Crippen molar-refractivity contribution in [1.29, 1.82) is 0 Å². The second kappa shape index (κ2) is 4.24. The minimum absolute atomic E-state index is 0.106. The van der Waals surface area contributed by atoms with Gasteiger partial charge < -0.3 is 0 Å². The third-order valence-electron chi connectivity index (χ3n) is 3.76. The van der Waals surface area contributed by atoms with Crippen LogP contribution in [0.1, 0.15) is 31.8 Å². The Bertz CT molecular complexity index is 880. The Morgan fingerprint density at radius 2 is 1.43 bits per heavy atom. The van der Waals surface area contributed by atoms with Crippen LogP contribution in [0.4, 0.5) is 0 Å². The predicted molar refractivity (Wildman–Crippen MR) is 77.3 cm³/mol. The molecule has 0 aliphatic heterocycles. The molecule has 1 N–H and O–H groups in total. The van der Waals surface area contributed by atoms with Crippen molar-refractivity contribution in [2.24, 2.45) is 0 Å². The quantitative estimate of drug-likeness (QED) is 0.580. The highest BCUT2D eigenvalue weighted by molar-refractivity contribution is 6.30. The topological polar surface area (TPSA) is 62.8 Å². The first-order valence-electron chi connectivity index (χ1n) is 6.58. The molecule has 4 rings (SSSR count). The first kappa shape index (κ1) is 11.8. The molecule has 1 aliphatic carbocycles. The zero-order valence-corrected chi connectivity index (χ0v) is 11.0. The lowest BCUT2D eigenvalue weighted by Crippen LogP contribution is -2.21. The van der Waals surface area contributed by atoms with Gasteiger partial charge in [-0.1, -0.05) is 42.5 Å². The molecule has 0 spiro atoms. The average molecular weight is 274 g/mol. The number of carbonyl (C=O) groups excluding carboxylic acids is 2. The minimum Gasteiger partial charge on any atom is -0.289 e. The van der Waals surface area contributed by atoms with Gasteiger partial charge in [0.1, 0.15) is 0 Å². The molecule has 0 unspecified atom stereocenters. The van der Waals surface area contributed by atoms with Gasteiger partial charge in [-0.3, -0.25) is 14.7 Å². The van der Waals surface area contributed by atoms with Crippen molar-refractivity contribution < 1.29 is 9.59 Å². The third-order valence-corrected chi connectivity index (χ3v) is 3.76. The summed E-state index contributed by atoms with van der Waals surface area (Å²) < 4.78 is 0. The van der Waals surface area contributed by atoms with Crippen LogP contribution in [0.2, 0.25) is 0 Å². The van der Waals surface area contributed by atoms with E-state index in [1.54, 1.807) is 48.8 Å². The van der Waals surface area contributed by atoms with Crippen LogP contribution in [-0.4, -0.2) is 21.8 Å². The number of ketones is 2. The molecule has 0 atom stereocenters. The van der Waals surface area contributed by atoms with Crippen molar-refractivity contribution in [1.82, 2.24) is 10.2 Å². The summed E-state index contributed by atoms with van der Waals surface area (Å²) in [5.41, 5.74) is 3.38. The van der Waals surface area contributed by atoms with Gasteiger partial charge in [-0.2, -0.15) is 5.10 Å². The molecule has 4 nitrogen and oxygen atoms in total. The molecule has 1 aliphatic rings. The summed E-state index contributed by atoms with van der Waals surface area (Å²) in [4.78, 5) is 25.4. The van der Waals surface area contributed by atoms with Crippen LogP contribution >= 0.6 is 0 Å².